The number of halogens is 1. The summed E-state index contributed by atoms with van der Waals surface area (Å²) in [6, 6.07) is 7.21. The number of furan rings is 1. The van der Waals surface area contributed by atoms with Crippen molar-refractivity contribution in [2.24, 2.45) is 0 Å². The van der Waals surface area contributed by atoms with Crippen LogP contribution in [0.5, 0.6) is 0 Å². The van der Waals surface area contributed by atoms with Crippen LogP contribution in [0.25, 0.3) is 0 Å². The van der Waals surface area contributed by atoms with Crippen LogP contribution in [0.3, 0.4) is 0 Å². The first-order valence-electron chi connectivity index (χ1n) is 6.07. The minimum absolute atomic E-state index is 0.132. The largest absolute Gasteiger partial charge is 0.466 e. The second-order valence-electron chi connectivity index (χ2n) is 4.70. The third kappa shape index (κ3) is 2.55. The van der Waals surface area contributed by atoms with E-state index in [0.717, 1.165) is 22.8 Å². The summed E-state index contributed by atoms with van der Waals surface area (Å²) in [5, 5.41) is 3.35. The van der Waals surface area contributed by atoms with Gasteiger partial charge in [-0.2, -0.15) is 0 Å². The average molecular weight is 247 g/mol. The smallest absolute Gasteiger partial charge is 0.126 e. The van der Waals surface area contributed by atoms with Crippen molar-refractivity contribution in [2.75, 3.05) is 5.32 Å². The SMILES string of the molecule is Cc1cc(C(C)Nc2ccc(F)c(C)c2)c(C)o1. The van der Waals surface area contributed by atoms with E-state index in [1.807, 2.05) is 26.0 Å². The lowest BCUT2D eigenvalue weighted by Gasteiger charge is -2.15. The summed E-state index contributed by atoms with van der Waals surface area (Å²) < 4.78 is 18.7. The molecule has 1 heterocycles. The topological polar surface area (TPSA) is 25.2 Å². The molecule has 96 valence electrons. The molecule has 2 rings (SSSR count). The zero-order valence-corrected chi connectivity index (χ0v) is 11.2. The number of anilines is 1. The number of nitrogens with one attached hydrogen (secondary N) is 1. The van der Waals surface area contributed by atoms with Crippen LogP contribution in [0.15, 0.2) is 28.7 Å². The standard InChI is InChI=1S/C15H18FNO/c1-9-7-13(5-6-15(9)16)17-11(3)14-8-10(2)18-12(14)4/h5-8,11,17H,1-4H3. The first-order chi connectivity index (χ1) is 8.47. The molecule has 1 N–H and O–H groups in total. The van der Waals surface area contributed by atoms with E-state index in [9.17, 15) is 4.39 Å². The predicted molar refractivity (Wildman–Crippen MR) is 71.4 cm³/mol. The van der Waals surface area contributed by atoms with Crippen molar-refractivity contribution in [3.05, 3.63) is 52.7 Å². The summed E-state index contributed by atoms with van der Waals surface area (Å²) in [4.78, 5) is 0. The highest BCUT2D eigenvalue weighted by Gasteiger charge is 2.12. The molecule has 0 aliphatic rings. The van der Waals surface area contributed by atoms with Crippen molar-refractivity contribution < 1.29 is 8.81 Å². The van der Waals surface area contributed by atoms with E-state index < -0.39 is 0 Å². The fourth-order valence-corrected chi connectivity index (χ4v) is 2.14. The first kappa shape index (κ1) is 12.7. The number of benzene rings is 1. The molecule has 1 aromatic heterocycles. The summed E-state index contributed by atoms with van der Waals surface area (Å²) in [5.74, 6) is 1.65. The molecular formula is C15H18FNO. The molecule has 3 heteroatoms. The lowest BCUT2D eigenvalue weighted by molar-refractivity contribution is 0.500. The quantitative estimate of drug-likeness (QED) is 0.862. The molecule has 1 atom stereocenters. The normalized spacial score (nSPS) is 12.5. The monoisotopic (exact) mass is 247 g/mol. The van der Waals surface area contributed by atoms with E-state index in [4.69, 9.17) is 4.42 Å². The van der Waals surface area contributed by atoms with Crippen LogP contribution in [0, 0.1) is 26.6 Å². The van der Waals surface area contributed by atoms with Crippen LogP contribution in [-0.4, -0.2) is 0 Å². The van der Waals surface area contributed by atoms with E-state index in [1.165, 1.54) is 6.07 Å². The van der Waals surface area contributed by atoms with Crippen molar-refractivity contribution in [3.8, 4) is 0 Å². The molecule has 0 bridgehead atoms. The van der Waals surface area contributed by atoms with Crippen LogP contribution in [0.2, 0.25) is 0 Å². The summed E-state index contributed by atoms with van der Waals surface area (Å²) in [7, 11) is 0. The van der Waals surface area contributed by atoms with Crippen LogP contribution in [0.4, 0.5) is 10.1 Å². The second kappa shape index (κ2) is 4.84. The zero-order chi connectivity index (χ0) is 13.3. The fraction of sp³-hybridized carbons (Fsp3) is 0.333. The zero-order valence-electron chi connectivity index (χ0n) is 11.2. The Morgan fingerprint density at radius 3 is 2.44 bits per heavy atom. The third-order valence-electron chi connectivity index (χ3n) is 3.09. The van der Waals surface area contributed by atoms with Gasteiger partial charge in [0, 0.05) is 11.3 Å². The Balaban J connectivity index is 2.18. The van der Waals surface area contributed by atoms with Gasteiger partial charge in [-0.3, -0.25) is 0 Å². The Labute approximate surface area is 107 Å². The van der Waals surface area contributed by atoms with Gasteiger partial charge < -0.3 is 9.73 Å². The van der Waals surface area contributed by atoms with E-state index in [2.05, 4.69) is 12.2 Å². The van der Waals surface area contributed by atoms with Crippen molar-refractivity contribution >= 4 is 5.69 Å². The summed E-state index contributed by atoms with van der Waals surface area (Å²) in [6.45, 7) is 7.72. The Morgan fingerprint density at radius 2 is 1.89 bits per heavy atom. The minimum atomic E-state index is -0.177. The molecule has 0 radical (unpaired) electrons. The molecule has 0 spiro atoms. The number of aryl methyl sites for hydroxylation is 3. The Bertz CT molecular complexity index is 560. The molecule has 0 amide bonds. The highest BCUT2D eigenvalue weighted by Crippen LogP contribution is 2.25. The molecule has 0 saturated heterocycles. The van der Waals surface area contributed by atoms with Crippen LogP contribution < -0.4 is 5.32 Å². The lowest BCUT2D eigenvalue weighted by Crippen LogP contribution is -2.07. The van der Waals surface area contributed by atoms with Gasteiger partial charge in [0.2, 0.25) is 0 Å². The van der Waals surface area contributed by atoms with E-state index in [1.54, 1.807) is 13.0 Å². The summed E-state index contributed by atoms with van der Waals surface area (Å²) in [5.41, 5.74) is 2.70. The molecule has 0 saturated carbocycles. The van der Waals surface area contributed by atoms with Crippen LogP contribution in [0.1, 0.15) is 35.6 Å². The molecule has 18 heavy (non-hydrogen) atoms. The molecule has 1 aromatic carbocycles. The Kier molecular flexibility index (Phi) is 3.41. The van der Waals surface area contributed by atoms with Crippen molar-refractivity contribution in [1.29, 1.82) is 0 Å². The number of rotatable bonds is 3. The van der Waals surface area contributed by atoms with E-state index in [-0.39, 0.29) is 11.9 Å². The van der Waals surface area contributed by atoms with Gasteiger partial charge in [0.15, 0.2) is 0 Å². The van der Waals surface area contributed by atoms with Gasteiger partial charge in [-0.25, -0.2) is 4.39 Å². The molecular weight excluding hydrogens is 229 g/mol. The van der Waals surface area contributed by atoms with Crippen LogP contribution in [-0.2, 0) is 0 Å². The van der Waals surface area contributed by atoms with Gasteiger partial charge in [-0.1, -0.05) is 0 Å². The number of hydrogen-bond acceptors (Lipinski definition) is 2. The third-order valence-corrected chi connectivity index (χ3v) is 3.09. The first-order valence-corrected chi connectivity index (χ1v) is 6.07. The average Bonchev–Trinajstić information content (AvgIpc) is 2.63. The molecule has 2 aromatic rings. The number of hydrogen-bond donors (Lipinski definition) is 1. The molecule has 1 unspecified atom stereocenters. The molecule has 0 aliphatic heterocycles. The van der Waals surface area contributed by atoms with Gasteiger partial charge >= 0.3 is 0 Å². The van der Waals surface area contributed by atoms with Gasteiger partial charge in [0.1, 0.15) is 17.3 Å². The maximum Gasteiger partial charge on any atom is 0.126 e. The van der Waals surface area contributed by atoms with Crippen molar-refractivity contribution in [3.63, 3.8) is 0 Å². The van der Waals surface area contributed by atoms with E-state index >= 15 is 0 Å². The fourth-order valence-electron chi connectivity index (χ4n) is 2.14. The highest BCUT2D eigenvalue weighted by atomic mass is 19.1. The molecule has 2 nitrogen and oxygen atoms in total. The van der Waals surface area contributed by atoms with Gasteiger partial charge in [-0.05, 0) is 57.5 Å². The van der Waals surface area contributed by atoms with E-state index in [0.29, 0.717) is 5.56 Å². The highest BCUT2D eigenvalue weighted by molar-refractivity contribution is 5.48. The molecule has 0 fully saturated rings. The van der Waals surface area contributed by atoms with Gasteiger partial charge in [0.05, 0.1) is 6.04 Å². The van der Waals surface area contributed by atoms with Gasteiger partial charge in [0.25, 0.3) is 0 Å². The Hall–Kier alpha value is -1.77. The second-order valence-corrected chi connectivity index (χ2v) is 4.70. The minimum Gasteiger partial charge on any atom is -0.466 e. The lowest BCUT2D eigenvalue weighted by atomic mass is 10.1. The molecule has 0 aliphatic carbocycles. The van der Waals surface area contributed by atoms with Gasteiger partial charge in [-0.15, -0.1) is 0 Å². The van der Waals surface area contributed by atoms with Crippen molar-refractivity contribution in [2.45, 2.75) is 33.7 Å². The van der Waals surface area contributed by atoms with Crippen molar-refractivity contribution in [1.82, 2.24) is 0 Å². The Morgan fingerprint density at radius 1 is 1.17 bits per heavy atom. The maximum absolute atomic E-state index is 13.2. The summed E-state index contributed by atoms with van der Waals surface area (Å²) in [6.07, 6.45) is 0. The predicted octanol–water partition coefficient (Wildman–Crippen LogP) is 4.52. The maximum atomic E-state index is 13.2. The van der Waals surface area contributed by atoms with Crippen LogP contribution >= 0.6 is 0 Å². The summed E-state index contributed by atoms with van der Waals surface area (Å²) >= 11 is 0.